The number of anilines is 1. The van der Waals surface area contributed by atoms with E-state index in [0.29, 0.717) is 29.6 Å². The summed E-state index contributed by atoms with van der Waals surface area (Å²) < 4.78 is 27.2. The number of carbonyl (C=O) groups excluding carboxylic acids is 1. The Bertz CT molecular complexity index is 1260. The summed E-state index contributed by atoms with van der Waals surface area (Å²) in [5, 5.41) is 24.4. The molecular formula is C22H26N5O5S2+. The molecule has 1 aromatic carbocycles. The summed E-state index contributed by atoms with van der Waals surface area (Å²) in [6.45, 7) is 3.46. The number of nitriles is 1. The fourth-order valence-corrected chi connectivity index (χ4v) is 7.52. The van der Waals surface area contributed by atoms with Crippen LogP contribution in [0.25, 0.3) is 0 Å². The average molecular weight is 505 g/mol. The van der Waals surface area contributed by atoms with Crippen LogP contribution in [0.3, 0.4) is 0 Å². The number of nitro benzene ring substituents is 1. The predicted octanol–water partition coefficient (Wildman–Crippen LogP) is 1.18. The second-order valence-electron chi connectivity index (χ2n) is 8.77. The van der Waals surface area contributed by atoms with Crippen molar-refractivity contribution in [2.45, 2.75) is 31.1 Å². The van der Waals surface area contributed by atoms with Crippen molar-refractivity contribution >= 4 is 38.0 Å². The van der Waals surface area contributed by atoms with Crippen molar-refractivity contribution in [2.75, 3.05) is 38.0 Å². The van der Waals surface area contributed by atoms with Gasteiger partial charge in [0.05, 0.1) is 36.7 Å². The van der Waals surface area contributed by atoms with Crippen molar-refractivity contribution in [3.8, 4) is 6.07 Å². The third kappa shape index (κ3) is 4.83. The van der Waals surface area contributed by atoms with Crippen molar-refractivity contribution in [1.82, 2.24) is 4.31 Å². The number of hydrogen-bond acceptors (Lipinski definition) is 7. The molecule has 4 rings (SSSR count). The lowest BCUT2D eigenvalue weighted by Crippen LogP contribution is -3.15. The minimum absolute atomic E-state index is 0.156. The van der Waals surface area contributed by atoms with Crippen LogP contribution in [0.15, 0.2) is 29.2 Å². The van der Waals surface area contributed by atoms with Crippen LogP contribution >= 0.6 is 11.3 Å². The monoisotopic (exact) mass is 504 g/mol. The number of carbonyl (C=O) groups is 1. The van der Waals surface area contributed by atoms with Crippen LogP contribution in [-0.4, -0.2) is 56.3 Å². The van der Waals surface area contributed by atoms with Gasteiger partial charge in [0.25, 0.3) is 11.6 Å². The zero-order valence-electron chi connectivity index (χ0n) is 18.7. The quantitative estimate of drug-likeness (QED) is 0.448. The van der Waals surface area contributed by atoms with Gasteiger partial charge in [0.15, 0.2) is 11.4 Å². The Morgan fingerprint density at radius 3 is 2.74 bits per heavy atom. The molecule has 1 amide bonds. The molecule has 2 aliphatic rings. The molecule has 34 heavy (non-hydrogen) atoms. The van der Waals surface area contributed by atoms with Crippen molar-refractivity contribution in [1.29, 1.82) is 5.26 Å². The Morgan fingerprint density at radius 2 is 2.06 bits per heavy atom. The molecule has 0 spiro atoms. The summed E-state index contributed by atoms with van der Waals surface area (Å²) in [6, 6.07) is 7.56. The van der Waals surface area contributed by atoms with E-state index < -0.39 is 20.6 Å². The molecular weight excluding hydrogens is 478 g/mol. The van der Waals surface area contributed by atoms with E-state index >= 15 is 0 Å². The molecule has 180 valence electrons. The summed E-state index contributed by atoms with van der Waals surface area (Å²) >= 11 is 1.48. The first kappa shape index (κ1) is 24.3. The average Bonchev–Trinajstić information content (AvgIpc) is 3.14. The van der Waals surface area contributed by atoms with Gasteiger partial charge in [-0.05, 0) is 36.8 Å². The van der Waals surface area contributed by atoms with E-state index in [9.17, 15) is 28.6 Å². The summed E-state index contributed by atoms with van der Waals surface area (Å²) in [7, 11) is -4.01. The number of nitrogens with one attached hydrogen (secondary N) is 2. The second kappa shape index (κ2) is 9.79. The highest BCUT2D eigenvalue weighted by Crippen LogP contribution is 2.39. The van der Waals surface area contributed by atoms with Crippen LogP contribution in [-0.2, 0) is 27.7 Å². The van der Waals surface area contributed by atoms with Crippen molar-refractivity contribution in [2.24, 2.45) is 5.92 Å². The first-order valence-electron chi connectivity index (χ1n) is 11.1. The maximum absolute atomic E-state index is 13.0. The van der Waals surface area contributed by atoms with E-state index in [0.717, 1.165) is 29.7 Å². The number of sulfonamides is 1. The molecule has 0 bridgehead atoms. The molecule has 2 aromatic rings. The van der Waals surface area contributed by atoms with E-state index in [1.807, 2.05) is 0 Å². The number of amides is 1. The number of rotatable bonds is 6. The lowest BCUT2D eigenvalue weighted by Gasteiger charge is -2.31. The molecule has 1 fully saturated rings. The summed E-state index contributed by atoms with van der Waals surface area (Å²) in [4.78, 5) is 25.0. The van der Waals surface area contributed by atoms with Crippen LogP contribution < -0.4 is 10.2 Å². The summed E-state index contributed by atoms with van der Waals surface area (Å²) in [6.07, 6.45) is 2.81. The van der Waals surface area contributed by atoms with Gasteiger partial charge < -0.3 is 10.2 Å². The zero-order valence-corrected chi connectivity index (χ0v) is 20.4. The molecule has 1 aliphatic carbocycles. The van der Waals surface area contributed by atoms with Gasteiger partial charge in [-0.3, -0.25) is 14.9 Å². The third-order valence-corrected chi connectivity index (χ3v) is 9.51. The molecule has 0 unspecified atom stereocenters. The molecule has 1 aromatic heterocycles. The molecule has 2 N–H and O–H groups in total. The molecule has 1 aliphatic heterocycles. The number of benzene rings is 1. The van der Waals surface area contributed by atoms with Crippen molar-refractivity contribution in [3.05, 3.63) is 50.4 Å². The maximum Gasteiger partial charge on any atom is 0.289 e. The van der Waals surface area contributed by atoms with Gasteiger partial charge in [0, 0.05) is 10.9 Å². The van der Waals surface area contributed by atoms with Crippen LogP contribution in [0.4, 0.5) is 10.7 Å². The van der Waals surface area contributed by atoms with E-state index in [-0.39, 0.29) is 30.4 Å². The maximum atomic E-state index is 13.0. The van der Waals surface area contributed by atoms with Gasteiger partial charge in [-0.15, -0.1) is 11.3 Å². The highest BCUT2D eigenvalue weighted by atomic mass is 32.2. The molecule has 0 radical (unpaired) electrons. The van der Waals surface area contributed by atoms with Gasteiger partial charge in [-0.25, -0.2) is 8.42 Å². The first-order chi connectivity index (χ1) is 16.2. The molecule has 1 atom stereocenters. The zero-order chi connectivity index (χ0) is 24.5. The molecule has 1 saturated heterocycles. The van der Waals surface area contributed by atoms with Crippen LogP contribution in [0.2, 0.25) is 0 Å². The Labute approximate surface area is 202 Å². The van der Waals surface area contributed by atoms with Crippen molar-refractivity contribution < 1.29 is 23.0 Å². The number of thiophene rings is 1. The lowest BCUT2D eigenvalue weighted by molar-refractivity contribution is -0.895. The second-order valence-corrected chi connectivity index (χ2v) is 11.8. The first-order valence-corrected chi connectivity index (χ1v) is 13.4. The predicted molar refractivity (Wildman–Crippen MR) is 126 cm³/mol. The fourth-order valence-electron chi connectivity index (χ4n) is 4.54. The molecule has 2 heterocycles. The van der Waals surface area contributed by atoms with Gasteiger partial charge >= 0.3 is 0 Å². The number of hydrogen-bond donors (Lipinski definition) is 2. The third-order valence-electron chi connectivity index (χ3n) is 6.40. The number of quaternary nitrogens is 1. The summed E-state index contributed by atoms with van der Waals surface area (Å²) in [5.74, 6) is 0.351. The van der Waals surface area contributed by atoms with Crippen LogP contribution in [0, 0.1) is 27.4 Å². The Hall–Kier alpha value is -2.85. The van der Waals surface area contributed by atoms with Gasteiger partial charge in [-0.1, -0.05) is 19.1 Å². The highest BCUT2D eigenvalue weighted by molar-refractivity contribution is 7.89. The topological polar surface area (TPSA) is 138 Å². The summed E-state index contributed by atoms with van der Waals surface area (Å²) in [5.41, 5.74) is 1.18. The van der Waals surface area contributed by atoms with E-state index in [4.69, 9.17) is 0 Å². The van der Waals surface area contributed by atoms with Gasteiger partial charge in [-0.2, -0.15) is 9.57 Å². The molecule has 0 saturated carbocycles. The van der Waals surface area contributed by atoms with Gasteiger partial charge in [0.2, 0.25) is 10.0 Å². The highest BCUT2D eigenvalue weighted by Gasteiger charge is 2.35. The minimum atomic E-state index is -4.01. The SMILES string of the molecule is C[C@@H]1CCc2c(sc(NC(=O)C[NH+]3CCN(S(=O)(=O)c4ccccc4[N+](=O)[O-])CC3)c2C#N)C1. The van der Waals surface area contributed by atoms with E-state index in [1.165, 1.54) is 44.8 Å². The van der Waals surface area contributed by atoms with Crippen LogP contribution in [0.5, 0.6) is 0 Å². The Kier molecular flexibility index (Phi) is 6.99. The molecule has 10 nitrogen and oxygen atoms in total. The lowest BCUT2D eigenvalue weighted by atomic mass is 9.89. The number of piperazine rings is 1. The van der Waals surface area contributed by atoms with E-state index in [2.05, 4.69) is 18.3 Å². The number of para-hydroxylation sites is 1. The van der Waals surface area contributed by atoms with E-state index in [1.54, 1.807) is 0 Å². The minimum Gasteiger partial charge on any atom is -0.325 e. The Morgan fingerprint density at radius 1 is 1.35 bits per heavy atom. The number of nitrogens with zero attached hydrogens (tertiary/aromatic N) is 3. The normalized spacial score (nSPS) is 19.2. The molecule has 12 heteroatoms. The van der Waals surface area contributed by atoms with Crippen LogP contribution in [0.1, 0.15) is 29.3 Å². The Balaban J connectivity index is 1.37. The number of fused-ring (bicyclic) bond motifs is 1. The smallest absolute Gasteiger partial charge is 0.289 e. The standard InChI is InChI=1S/C22H25N5O5S2/c1-15-6-7-16-17(13-23)22(33-19(16)12-15)24-21(28)14-25-8-10-26(11-9-25)34(31,32)20-5-3-2-4-18(20)27(29)30/h2-5,15H,6-12,14H2,1H3,(H,24,28)/p+1/t15-/m1/s1. The van der Waals surface area contributed by atoms with Crippen molar-refractivity contribution in [3.63, 3.8) is 0 Å². The van der Waals surface area contributed by atoms with Gasteiger partial charge in [0.1, 0.15) is 11.1 Å². The number of nitro groups is 1. The fraction of sp³-hybridized carbons (Fsp3) is 0.455. The largest absolute Gasteiger partial charge is 0.325 e.